The molecule has 1 amide bonds. The molecule has 0 spiro atoms. The van der Waals surface area contributed by atoms with Crippen LogP contribution in [-0.4, -0.2) is 26.5 Å². The standard InChI is InChI=1S/C16H17N3O3/c1-19-13-9-5-4-8-12(13)17-16(19)18-14(20)10-6-2-3-7-11(10)15(21)22/h2-5,8-11H,6-7H2,1H3,(H,21,22)(H,17,18,20)/t10-,11-/m1/s1. The van der Waals surface area contributed by atoms with Crippen LogP contribution in [0.25, 0.3) is 11.0 Å². The quantitative estimate of drug-likeness (QED) is 0.851. The van der Waals surface area contributed by atoms with Crippen molar-refractivity contribution in [2.75, 3.05) is 5.32 Å². The van der Waals surface area contributed by atoms with Crippen LogP contribution < -0.4 is 5.32 Å². The summed E-state index contributed by atoms with van der Waals surface area (Å²) in [7, 11) is 1.82. The second-order valence-corrected chi connectivity index (χ2v) is 5.47. The number of rotatable bonds is 3. The predicted octanol–water partition coefficient (Wildman–Crippen LogP) is 2.18. The van der Waals surface area contributed by atoms with Crippen molar-refractivity contribution in [2.24, 2.45) is 18.9 Å². The number of carboxylic acid groups (broad SMARTS) is 1. The summed E-state index contributed by atoms with van der Waals surface area (Å²) in [4.78, 5) is 28.1. The van der Waals surface area contributed by atoms with Gasteiger partial charge in [-0.3, -0.25) is 14.9 Å². The van der Waals surface area contributed by atoms with Crippen LogP contribution in [0.1, 0.15) is 12.8 Å². The number of nitrogens with one attached hydrogen (secondary N) is 1. The third-order valence-electron chi connectivity index (χ3n) is 4.11. The molecule has 3 rings (SSSR count). The smallest absolute Gasteiger partial charge is 0.307 e. The summed E-state index contributed by atoms with van der Waals surface area (Å²) in [6.45, 7) is 0. The lowest BCUT2D eigenvalue weighted by Crippen LogP contribution is -2.35. The van der Waals surface area contributed by atoms with Crippen molar-refractivity contribution < 1.29 is 14.7 Å². The predicted molar refractivity (Wildman–Crippen MR) is 82.3 cm³/mol. The monoisotopic (exact) mass is 299 g/mol. The molecule has 0 unspecified atom stereocenters. The van der Waals surface area contributed by atoms with Crippen molar-refractivity contribution >= 4 is 28.9 Å². The summed E-state index contributed by atoms with van der Waals surface area (Å²) in [5.41, 5.74) is 1.70. The van der Waals surface area contributed by atoms with Gasteiger partial charge in [0, 0.05) is 7.05 Å². The van der Waals surface area contributed by atoms with Gasteiger partial charge in [-0.2, -0.15) is 0 Å². The lowest BCUT2D eigenvalue weighted by molar-refractivity contribution is -0.146. The number of carboxylic acids is 1. The molecule has 22 heavy (non-hydrogen) atoms. The Bertz CT molecular complexity index is 763. The molecule has 1 aliphatic rings. The highest BCUT2D eigenvalue weighted by atomic mass is 16.4. The van der Waals surface area contributed by atoms with E-state index in [2.05, 4.69) is 10.3 Å². The number of nitrogens with zero attached hydrogens (tertiary/aromatic N) is 2. The highest BCUT2D eigenvalue weighted by Crippen LogP contribution is 2.27. The molecule has 0 bridgehead atoms. The maximum Gasteiger partial charge on any atom is 0.307 e. The molecule has 1 aromatic heterocycles. The van der Waals surface area contributed by atoms with Crippen molar-refractivity contribution in [2.45, 2.75) is 12.8 Å². The molecule has 1 aliphatic carbocycles. The fourth-order valence-corrected chi connectivity index (χ4v) is 2.84. The average Bonchev–Trinajstić information content (AvgIpc) is 2.84. The Morgan fingerprint density at radius 3 is 2.59 bits per heavy atom. The summed E-state index contributed by atoms with van der Waals surface area (Å²) >= 11 is 0. The molecule has 2 N–H and O–H groups in total. The van der Waals surface area contributed by atoms with Crippen LogP contribution in [0.15, 0.2) is 36.4 Å². The summed E-state index contributed by atoms with van der Waals surface area (Å²) in [5, 5.41) is 12.0. The minimum absolute atomic E-state index is 0.296. The summed E-state index contributed by atoms with van der Waals surface area (Å²) in [5.74, 6) is -2.04. The van der Waals surface area contributed by atoms with Crippen molar-refractivity contribution in [1.82, 2.24) is 9.55 Å². The van der Waals surface area contributed by atoms with Crippen LogP contribution in [0.2, 0.25) is 0 Å². The number of hydrogen-bond donors (Lipinski definition) is 2. The van der Waals surface area contributed by atoms with Gasteiger partial charge in [-0.15, -0.1) is 0 Å². The molecular weight excluding hydrogens is 282 g/mol. The lowest BCUT2D eigenvalue weighted by atomic mass is 9.82. The molecule has 0 radical (unpaired) electrons. The number of anilines is 1. The van der Waals surface area contributed by atoms with E-state index in [0.29, 0.717) is 18.8 Å². The Hall–Kier alpha value is -2.63. The van der Waals surface area contributed by atoms with Crippen LogP contribution >= 0.6 is 0 Å². The van der Waals surface area contributed by atoms with Crippen LogP contribution in [0.5, 0.6) is 0 Å². The van der Waals surface area contributed by atoms with E-state index in [4.69, 9.17) is 0 Å². The second kappa shape index (κ2) is 5.63. The zero-order valence-corrected chi connectivity index (χ0v) is 12.2. The molecule has 1 aromatic carbocycles. The molecule has 1 heterocycles. The fraction of sp³-hybridized carbons (Fsp3) is 0.312. The van der Waals surface area contributed by atoms with Crippen LogP contribution in [-0.2, 0) is 16.6 Å². The molecule has 0 saturated carbocycles. The number of fused-ring (bicyclic) bond motifs is 1. The number of aryl methyl sites for hydroxylation is 1. The Labute approximate surface area is 127 Å². The maximum atomic E-state index is 12.4. The van der Waals surface area contributed by atoms with Gasteiger partial charge < -0.3 is 9.67 Å². The molecule has 0 saturated heterocycles. The first-order valence-corrected chi connectivity index (χ1v) is 7.18. The van der Waals surface area contributed by atoms with Crippen LogP contribution in [0.3, 0.4) is 0 Å². The van der Waals surface area contributed by atoms with E-state index in [0.717, 1.165) is 11.0 Å². The van der Waals surface area contributed by atoms with Gasteiger partial charge >= 0.3 is 5.97 Å². The second-order valence-electron chi connectivity index (χ2n) is 5.47. The van der Waals surface area contributed by atoms with E-state index < -0.39 is 17.8 Å². The molecule has 0 aliphatic heterocycles. The minimum Gasteiger partial charge on any atom is -0.481 e. The third-order valence-corrected chi connectivity index (χ3v) is 4.11. The van der Waals surface area contributed by atoms with E-state index in [1.807, 2.05) is 43.5 Å². The largest absolute Gasteiger partial charge is 0.481 e. The van der Waals surface area contributed by atoms with E-state index in [1.165, 1.54) is 0 Å². The number of amides is 1. The number of carbonyl (C=O) groups excluding carboxylic acids is 1. The lowest BCUT2D eigenvalue weighted by Gasteiger charge is -2.23. The summed E-state index contributed by atoms with van der Waals surface area (Å²) < 4.78 is 1.79. The zero-order valence-electron chi connectivity index (χ0n) is 12.2. The maximum absolute atomic E-state index is 12.4. The first kappa shape index (κ1) is 14.3. The van der Waals surface area contributed by atoms with Gasteiger partial charge in [0.05, 0.1) is 22.9 Å². The average molecular weight is 299 g/mol. The number of benzene rings is 1. The van der Waals surface area contributed by atoms with E-state index >= 15 is 0 Å². The van der Waals surface area contributed by atoms with Gasteiger partial charge in [-0.1, -0.05) is 24.3 Å². The first-order chi connectivity index (χ1) is 10.6. The van der Waals surface area contributed by atoms with Gasteiger partial charge in [0.2, 0.25) is 11.9 Å². The van der Waals surface area contributed by atoms with E-state index in [-0.39, 0.29) is 5.91 Å². The number of allylic oxidation sites excluding steroid dienone is 2. The number of aromatic nitrogens is 2. The van der Waals surface area contributed by atoms with Crippen molar-refractivity contribution in [3.05, 3.63) is 36.4 Å². The van der Waals surface area contributed by atoms with Crippen molar-refractivity contribution in [1.29, 1.82) is 0 Å². The summed E-state index contributed by atoms with van der Waals surface area (Å²) in [6.07, 6.45) is 4.50. The van der Waals surface area contributed by atoms with Crippen molar-refractivity contribution in [3.8, 4) is 0 Å². The zero-order chi connectivity index (χ0) is 15.7. The number of para-hydroxylation sites is 2. The van der Waals surface area contributed by atoms with Crippen LogP contribution in [0.4, 0.5) is 5.95 Å². The minimum atomic E-state index is -0.936. The third kappa shape index (κ3) is 2.47. The molecule has 6 nitrogen and oxygen atoms in total. The Morgan fingerprint density at radius 1 is 1.23 bits per heavy atom. The van der Waals surface area contributed by atoms with E-state index in [9.17, 15) is 14.7 Å². The molecule has 0 fully saturated rings. The summed E-state index contributed by atoms with van der Waals surface area (Å²) in [6, 6.07) is 7.57. The first-order valence-electron chi connectivity index (χ1n) is 7.18. The highest BCUT2D eigenvalue weighted by molar-refractivity contribution is 5.95. The number of aliphatic carboxylic acids is 1. The molecular formula is C16H17N3O3. The van der Waals surface area contributed by atoms with Gasteiger partial charge in [-0.05, 0) is 25.0 Å². The Morgan fingerprint density at radius 2 is 1.91 bits per heavy atom. The molecule has 114 valence electrons. The Balaban J connectivity index is 1.85. The SMILES string of the molecule is Cn1c(NC(=O)[C@@H]2CC=CC[C@H]2C(=O)O)nc2ccccc21. The van der Waals surface area contributed by atoms with Crippen LogP contribution in [0, 0.1) is 11.8 Å². The van der Waals surface area contributed by atoms with Crippen molar-refractivity contribution in [3.63, 3.8) is 0 Å². The van der Waals surface area contributed by atoms with E-state index in [1.54, 1.807) is 4.57 Å². The Kier molecular flexibility index (Phi) is 3.66. The van der Waals surface area contributed by atoms with Gasteiger partial charge in [0.15, 0.2) is 0 Å². The topological polar surface area (TPSA) is 84.2 Å². The highest BCUT2D eigenvalue weighted by Gasteiger charge is 2.34. The van der Waals surface area contributed by atoms with Gasteiger partial charge in [0.25, 0.3) is 0 Å². The fourth-order valence-electron chi connectivity index (χ4n) is 2.84. The number of hydrogen-bond acceptors (Lipinski definition) is 3. The molecule has 6 heteroatoms. The van der Waals surface area contributed by atoms with Gasteiger partial charge in [0.1, 0.15) is 0 Å². The van der Waals surface area contributed by atoms with Gasteiger partial charge in [-0.25, -0.2) is 4.98 Å². The number of carbonyl (C=O) groups is 2. The normalized spacial score (nSPS) is 21.0. The molecule has 2 aromatic rings. The number of imidazole rings is 1. The molecule has 2 atom stereocenters.